The third-order valence-corrected chi connectivity index (χ3v) is 6.84. The topological polar surface area (TPSA) is 90.2 Å². The van der Waals surface area contributed by atoms with Gasteiger partial charge in [-0.1, -0.05) is 42.0 Å². The maximum atomic E-state index is 13.0. The lowest BCUT2D eigenvalue weighted by molar-refractivity contribution is -0.146. The van der Waals surface area contributed by atoms with Crippen LogP contribution in [0.25, 0.3) is 11.1 Å². The van der Waals surface area contributed by atoms with E-state index in [2.05, 4.69) is 11.4 Å². The fourth-order valence-electron chi connectivity index (χ4n) is 4.52. The molecule has 5 nitrogen and oxygen atoms in total. The first-order valence-electron chi connectivity index (χ1n) is 9.23. The van der Waals surface area contributed by atoms with Crippen molar-refractivity contribution in [2.75, 3.05) is 5.32 Å². The van der Waals surface area contributed by atoms with Gasteiger partial charge < -0.3 is 10.4 Å². The molecular formula is C22H20N2O3S. The lowest BCUT2D eigenvalue weighted by atomic mass is 9.82. The molecule has 4 atom stereocenters. The number of anilines is 1. The monoisotopic (exact) mass is 392 g/mol. The Morgan fingerprint density at radius 3 is 2.39 bits per heavy atom. The minimum Gasteiger partial charge on any atom is -0.481 e. The summed E-state index contributed by atoms with van der Waals surface area (Å²) in [6, 6.07) is 10.1. The minimum atomic E-state index is -0.930. The van der Waals surface area contributed by atoms with E-state index in [0.717, 1.165) is 21.6 Å². The van der Waals surface area contributed by atoms with E-state index in [1.807, 2.05) is 50.3 Å². The van der Waals surface area contributed by atoms with E-state index in [-0.39, 0.29) is 17.7 Å². The highest BCUT2D eigenvalue weighted by Gasteiger charge is 2.51. The SMILES string of the molecule is Cc1ccc(-c2c(C)sc(NC(=O)C3C4C=CC(C4)C3C(=O)O)c2C#N)cc1. The molecule has 2 N–H and O–H groups in total. The zero-order valence-corrected chi connectivity index (χ0v) is 16.4. The minimum absolute atomic E-state index is 0.0470. The summed E-state index contributed by atoms with van der Waals surface area (Å²) in [6.07, 6.45) is 4.58. The Balaban J connectivity index is 1.66. The van der Waals surface area contributed by atoms with Crippen molar-refractivity contribution in [1.82, 2.24) is 0 Å². The van der Waals surface area contributed by atoms with Crippen LogP contribution in [0.5, 0.6) is 0 Å². The summed E-state index contributed by atoms with van der Waals surface area (Å²) in [5, 5.41) is 22.7. The maximum Gasteiger partial charge on any atom is 0.307 e. The van der Waals surface area contributed by atoms with Crippen molar-refractivity contribution in [2.45, 2.75) is 20.3 Å². The van der Waals surface area contributed by atoms with E-state index in [1.165, 1.54) is 11.3 Å². The molecule has 1 aromatic heterocycles. The predicted molar refractivity (Wildman–Crippen MR) is 108 cm³/mol. The van der Waals surface area contributed by atoms with E-state index in [4.69, 9.17) is 0 Å². The van der Waals surface area contributed by atoms with Crippen LogP contribution >= 0.6 is 11.3 Å². The van der Waals surface area contributed by atoms with Crippen LogP contribution in [-0.2, 0) is 9.59 Å². The number of hydrogen-bond donors (Lipinski definition) is 2. The van der Waals surface area contributed by atoms with Crippen molar-refractivity contribution in [3.63, 3.8) is 0 Å². The molecule has 2 aliphatic rings. The number of carbonyl (C=O) groups excluding carboxylic acids is 1. The molecule has 0 aliphatic heterocycles. The Hall–Kier alpha value is -2.91. The summed E-state index contributed by atoms with van der Waals surface area (Å²) in [5.74, 6) is -2.66. The van der Waals surface area contributed by atoms with E-state index >= 15 is 0 Å². The molecule has 1 fully saturated rings. The molecule has 1 saturated carbocycles. The van der Waals surface area contributed by atoms with Gasteiger partial charge in [-0.2, -0.15) is 5.26 Å². The standard InChI is InChI=1S/C22H20N2O3S/c1-11-3-5-13(6-4-11)17-12(2)28-21(16(17)10-23)24-20(25)18-14-7-8-15(9-14)19(18)22(26)27/h3-8,14-15,18-19H,9H2,1-2H3,(H,24,25)(H,26,27). The van der Waals surface area contributed by atoms with Gasteiger partial charge in [0, 0.05) is 10.4 Å². The summed E-state index contributed by atoms with van der Waals surface area (Å²) < 4.78 is 0. The summed E-state index contributed by atoms with van der Waals surface area (Å²) >= 11 is 1.36. The number of nitriles is 1. The molecule has 0 spiro atoms. The first-order valence-corrected chi connectivity index (χ1v) is 10.0. The lowest BCUT2D eigenvalue weighted by Gasteiger charge is -2.23. The van der Waals surface area contributed by atoms with Gasteiger partial charge in [0.2, 0.25) is 5.91 Å². The second-order valence-electron chi connectivity index (χ2n) is 7.54. The van der Waals surface area contributed by atoms with Crippen molar-refractivity contribution in [1.29, 1.82) is 5.26 Å². The molecule has 0 saturated heterocycles. The summed E-state index contributed by atoms with van der Waals surface area (Å²) in [7, 11) is 0. The number of amides is 1. The van der Waals surface area contributed by atoms with Gasteiger partial charge in [-0.3, -0.25) is 9.59 Å². The van der Waals surface area contributed by atoms with Crippen LogP contribution in [-0.4, -0.2) is 17.0 Å². The zero-order valence-electron chi connectivity index (χ0n) is 15.6. The third-order valence-electron chi connectivity index (χ3n) is 5.82. The Labute approximate surface area is 167 Å². The molecule has 1 amide bonds. The third kappa shape index (κ3) is 2.92. The number of carbonyl (C=O) groups is 2. The van der Waals surface area contributed by atoms with Gasteiger partial charge in [0.05, 0.1) is 17.4 Å². The number of aliphatic carboxylic acids is 1. The molecule has 2 bridgehead atoms. The van der Waals surface area contributed by atoms with Crippen molar-refractivity contribution < 1.29 is 14.7 Å². The second kappa shape index (κ2) is 6.92. The van der Waals surface area contributed by atoms with Crippen molar-refractivity contribution >= 4 is 28.2 Å². The predicted octanol–water partition coefficient (Wildman–Crippen LogP) is 4.37. The van der Waals surface area contributed by atoms with Gasteiger partial charge in [-0.25, -0.2) is 0 Å². The number of allylic oxidation sites excluding steroid dienone is 2. The van der Waals surface area contributed by atoms with Gasteiger partial charge in [0.25, 0.3) is 0 Å². The highest BCUT2D eigenvalue weighted by molar-refractivity contribution is 7.17. The second-order valence-corrected chi connectivity index (χ2v) is 8.77. The number of hydrogen-bond acceptors (Lipinski definition) is 4. The quantitative estimate of drug-likeness (QED) is 0.756. The zero-order chi connectivity index (χ0) is 20.0. The summed E-state index contributed by atoms with van der Waals surface area (Å²) in [6.45, 7) is 3.93. The average Bonchev–Trinajstić information content (AvgIpc) is 3.35. The number of nitrogens with one attached hydrogen (secondary N) is 1. The van der Waals surface area contributed by atoms with Gasteiger partial charge in [0.15, 0.2) is 0 Å². The van der Waals surface area contributed by atoms with Gasteiger partial charge in [-0.05, 0) is 37.7 Å². The largest absolute Gasteiger partial charge is 0.481 e. The van der Waals surface area contributed by atoms with Crippen LogP contribution in [0.3, 0.4) is 0 Å². The molecular weight excluding hydrogens is 372 g/mol. The first kappa shape index (κ1) is 18.5. The number of carboxylic acids is 1. The number of nitrogens with zero attached hydrogens (tertiary/aromatic N) is 1. The fourth-order valence-corrected chi connectivity index (χ4v) is 5.55. The number of benzene rings is 1. The van der Waals surface area contributed by atoms with Crippen LogP contribution in [0.15, 0.2) is 36.4 Å². The van der Waals surface area contributed by atoms with Gasteiger partial charge in [-0.15, -0.1) is 11.3 Å². The van der Waals surface area contributed by atoms with Crippen LogP contribution < -0.4 is 5.32 Å². The number of rotatable bonds is 4. The molecule has 2 aliphatic carbocycles. The molecule has 1 aromatic carbocycles. The van der Waals surface area contributed by atoms with E-state index in [9.17, 15) is 20.0 Å². The molecule has 2 aromatic rings. The molecule has 4 unspecified atom stereocenters. The summed E-state index contributed by atoms with van der Waals surface area (Å²) in [5.41, 5.74) is 3.33. The van der Waals surface area contributed by atoms with Crippen molar-refractivity contribution in [3.05, 3.63) is 52.4 Å². The molecule has 0 radical (unpaired) electrons. The number of aryl methyl sites for hydroxylation is 2. The van der Waals surface area contributed by atoms with Gasteiger partial charge >= 0.3 is 5.97 Å². The van der Waals surface area contributed by atoms with Crippen LogP contribution in [0.4, 0.5) is 5.00 Å². The number of carboxylic acid groups (broad SMARTS) is 1. The van der Waals surface area contributed by atoms with Crippen LogP contribution in [0.2, 0.25) is 0 Å². The molecule has 142 valence electrons. The fraction of sp³-hybridized carbons (Fsp3) is 0.318. The highest BCUT2D eigenvalue weighted by Crippen LogP contribution is 2.49. The van der Waals surface area contributed by atoms with Crippen LogP contribution in [0, 0.1) is 48.9 Å². The lowest BCUT2D eigenvalue weighted by Crippen LogP contribution is -2.36. The molecule has 4 rings (SSSR count). The Morgan fingerprint density at radius 1 is 1.14 bits per heavy atom. The van der Waals surface area contributed by atoms with Crippen molar-refractivity contribution in [2.24, 2.45) is 23.7 Å². The Morgan fingerprint density at radius 2 is 1.79 bits per heavy atom. The maximum absolute atomic E-state index is 13.0. The van der Waals surface area contributed by atoms with E-state index in [1.54, 1.807) is 0 Å². The summed E-state index contributed by atoms with van der Waals surface area (Å²) in [4.78, 5) is 25.6. The van der Waals surface area contributed by atoms with E-state index in [0.29, 0.717) is 17.0 Å². The van der Waals surface area contributed by atoms with Crippen molar-refractivity contribution in [3.8, 4) is 17.2 Å². The van der Waals surface area contributed by atoms with Crippen LogP contribution in [0.1, 0.15) is 22.4 Å². The normalized spacial score (nSPS) is 24.9. The highest BCUT2D eigenvalue weighted by atomic mass is 32.1. The first-order chi connectivity index (χ1) is 13.4. The van der Waals surface area contributed by atoms with E-state index < -0.39 is 17.8 Å². The number of thiophene rings is 1. The Bertz CT molecular complexity index is 1030. The number of fused-ring (bicyclic) bond motifs is 2. The molecule has 1 heterocycles. The average molecular weight is 392 g/mol. The molecule has 28 heavy (non-hydrogen) atoms. The Kier molecular flexibility index (Phi) is 4.56. The molecule has 6 heteroatoms. The van der Waals surface area contributed by atoms with Gasteiger partial charge in [0.1, 0.15) is 11.1 Å². The smallest absolute Gasteiger partial charge is 0.307 e.